The zero-order valence-corrected chi connectivity index (χ0v) is 13.9. The second kappa shape index (κ2) is 7.84. The minimum Gasteiger partial charge on any atom is -0.357 e. The largest absolute Gasteiger partial charge is 0.453 e. The van der Waals surface area contributed by atoms with Crippen molar-refractivity contribution < 1.29 is 14.0 Å². The molecule has 112 valence electrons. The SMILES string of the molecule is CSC(=NP(=O)(O)OC(C)Cc1ccccc1)N(C)C. The Morgan fingerprint density at radius 3 is 2.55 bits per heavy atom. The monoisotopic (exact) mass is 316 g/mol. The van der Waals surface area contributed by atoms with Crippen LogP contribution in [-0.2, 0) is 15.5 Å². The molecule has 7 heteroatoms. The molecule has 0 spiro atoms. The summed E-state index contributed by atoms with van der Waals surface area (Å²) < 4.78 is 21.0. The number of benzene rings is 1. The molecule has 20 heavy (non-hydrogen) atoms. The molecule has 0 saturated carbocycles. The Balaban J connectivity index is 2.68. The van der Waals surface area contributed by atoms with E-state index in [4.69, 9.17) is 4.52 Å². The van der Waals surface area contributed by atoms with Gasteiger partial charge in [-0.1, -0.05) is 42.1 Å². The maximum atomic E-state index is 12.0. The Morgan fingerprint density at radius 1 is 1.45 bits per heavy atom. The van der Waals surface area contributed by atoms with Crippen molar-refractivity contribution in [3.05, 3.63) is 35.9 Å². The molecule has 0 fully saturated rings. The fraction of sp³-hybridized carbons (Fsp3) is 0.462. The molecule has 1 aromatic rings. The first-order chi connectivity index (χ1) is 9.34. The average molecular weight is 316 g/mol. The standard InChI is InChI=1S/C13H21N2O3PS/c1-11(10-12-8-6-5-7-9-12)18-19(16,17)14-13(20-4)15(2)3/h5-9,11H,10H2,1-4H3,(H,16,17). The van der Waals surface area contributed by atoms with Gasteiger partial charge in [0.15, 0.2) is 5.17 Å². The van der Waals surface area contributed by atoms with Gasteiger partial charge in [-0.25, -0.2) is 4.57 Å². The summed E-state index contributed by atoms with van der Waals surface area (Å²) in [7, 11) is -0.454. The lowest BCUT2D eigenvalue weighted by molar-refractivity contribution is 0.190. The Bertz CT molecular complexity index is 494. The summed E-state index contributed by atoms with van der Waals surface area (Å²) in [6.45, 7) is 1.76. The second-order valence-corrected chi connectivity index (χ2v) is 6.74. The quantitative estimate of drug-likeness (QED) is 0.514. The van der Waals surface area contributed by atoms with Crippen molar-refractivity contribution in [2.24, 2.45) is 4.76 Å². The summed E-state index contributed by atoms with van der Waals surface area (Å²) in [6.07, 6.45) is 1.98. The number of rotatable bonds is 5. The molecule has 0 aliphatic heterocycles. The molecule has 0 aliphatic carbocycles. The second-order valence-electron chi connectivity index (χ2n) is 4.58. The van der Waals surface area contributed by atoms with Gasteiger partial charge in [-0.05, 0) is 25.2 Å². The van der Waals surface area contributed by atoms with Crippen molar-refractivity contribution in [3.8, 4) is 0 Å². The average Bonchev–Trinajstić information content (AvgIpc) is 2.36. The van der Waals surface area contributed by atoms with Crippen LogP contribution in [0.3, 0.4) is 0 Å². The summed E-state index contributed by atoms with van der Waals surface area (Å²) in [5, 5.41) is 0.461. The van der Waals surface area contributed by atoms with Crippen LogP contribution < -0.4 is 0 Å². The number of hydrogen-bond donors (Lipinski definition) is 1. The molecule has 1 rings (SSSR count). The van der Waals surface area contributed by atoms with Gasteiger partial charge >= 0.3 is 7.75 Å². The smallest absolute Gasteiger partial charge is 0.357 e. The summed E-state index contributed by atoms with van der Waals surface area (Å²) in [4.78, 5) is 11.5. The van der Waals surface area contributed by atoms with E-state index in [0.717, 1.165) is 5.56 Å². The Morgan fingerprint density at radius 2 is 2.05 bits per heavy atom. The molecule has 0 bridgehead atoms. The highest BCUT2D eigenvalue weighted by Crippen LogP contribution is 2.46. The van der Waals surface area contributed by atoms with Gasteiger partial charge in [-0.3, -0.25) is 4.52 Å². The van der Waals surface area contributed by atoms with E-state index in [1.807, 2.05) is 30.3 Å². The van der Waals surface area contributed by atoms with Gasteiger partial charge in [-0.15, -0.1) is 0 Å². The van der Waals surface area contributed by atoms with Crippen molar-refractivity contribution >= 4 is 24.7 Å². The predicted molar refractivity (Wildman–Crippen MR) is 85.2 cm³/mol. The van der Waals surface area contributed by atoms with Crippen molar-refractivity contribution in [1.82, 2.24) is 4.90 Å². The molecule has 0 amide bonds. The highest BCUT2D eigenvalue weighted by Gasteiger charge is 2.23. The van der Waals surface area contributed by atoms with Crippen molar-refractivity contribution in [2.75, 3.05) is 20.4 Å². The summed E-state index contributed by atoms with van der Waals surface area (Å²) in [6, 6.07) is 9.70. The molecular weight excluding hydrogens is 295 g/mol. The van der Waals surface area contributed by atoms with Gasteiger partial charge in [0.05, 0.1) is 6.10 Å². The van der Waals surface area contributed by atoms with Crippen LogP contribution in [0.25, 0.3) is 0 Å². The molecule has 1 aromatic carbocycles. The Labute approximate surface area is 124 Å². The molecule has 0 saturated heterocycles. The van der Waals surface area contributed by atoms with Gasteiger partial charge < -0.3 is 9.79 Å². The molecule has 5 nitrogen and oxygen atoms in total. The third-order valence-corrected chi connectivity index (χ3v) is 4.49. The predicted octanol–water partition coefficient (Wildman–Crippen LogP) is 3.02. The molecule has 0 aliphatic rings. The lowest BCUT2D eigenvalue weighted by Gasteiger charge is -2.18. The maximum absolute atomic E-state index is 12.0. The normalized spacial score (nSPS) is 16.6. The molecule has 0 radical (unpaired) electrons. The third-order valence-electron chi connectivity index (χ3n) is 2.46. The highest BCUT2D eigenvalue weighted by molar-refractivity contribution is 8.13. The first-order valence-electron chi connectivity index (χ1n) is 6.20. The van der Waals surface area contributed by atoms with Crippen LogP contribution >= 0.6 is 19.5 Å². The van der Waals surface area contributed by atoms with E-state index >= 15 is 0 Å². The lowest BCUT2D eigenvalue weighted by Crippen LogP contribution is -2.19. The topological polar surface area (TPSA) is 62.1 Å². The zero-order chi connectivity index (χ0) is 15.2. The number of hydrogen-bond acceptors (Lipinski definition) is 3. The molecule has 0 heterocycles. The van der Waals surface area contributed by atoms with Gasteiger partial charge in [0.2, 0.25) is 0 Å². The fourth-order valence-electron chi connectivity index (χ4n) is 1.66. The van der Waals surface area contributed by atoms with Crippen LogP contribution in [0.4, 0.5) is 0 Å². The lowest BCUT2D eigenvalue weighted by atomic mass is 10.1. The van der Waals surface area contributed by atoms with Crippen LogP contribution in [0.2, 0.25) is 0 Å². The summed E-state index contributed by atoms with van der Waals surface area (Å²) >= 11 is 1.30. The van der Waals surface area contributed by atoms with E-state index in [0.29, 0.717) is 11.6 Å². The van der Waals surface area contributed by atoms with E-state index in [1.165, 1.54) is 11.8 Å². The van der Waals surface area contributed by atoms with E-state index in [9.17, 15) is 9.46 Å². The highest BCUT2D eigenvalue weighted by atomic mass is 32.2. The van der Waals surface area contributed by atoms with E-state index in [1.54, 1.807) is 32.2 Å². The van der Waals surface area contributed by atoms with Crippen LogP contribution in [0.1, 0.15) is 12.5 Å². The van der Waals surface area contributed by atoms with Crippen molar-refractivity contribution in [1.29, 1.82) is 0 Å². The van der Waals surface area contributed by atoms with Crippen LogP contribution in [0.15, 0.2) is 35.1 Å². The van der Waals surface area contributed by atoms with Crippen molar-refractivity contribution in [3.63, 3.8) is 0 Å². The third kappa shape index (κ3) is 6.09. The van der Waals surface area contributed by atoms with E-state index in [2.05, 4.69) is 4.76 Å². The molecular formula is C13H21N2O3PS. The van der Waals surface area contributed by atoms with Gasteiger partial charge in [-0.2, -0.15) is 4.76 Å². The van der Waals surface area contributed by atoms with Gasteiger partial charge in [0.25, 0.3) is 0 Å². The first-order valence-corrected chi connectivity index (χ1v) is 8.96. The minimum atomic E-state index is -3.99. The Kier molecular flexibility index (Phi) is 6.76. The fourth-order valence-corrected chi connectivity index (χ4v) is 3.65. The van der Waals surface area contributed by atoms with E-state index in [-0.39, 0.29) is 6.10 Å². The zero-order valence-electron chi connectivity index (χ0n) is 12.2. The van der Waals surface area contributed by atoms with Crippen LogP contribution in [0.5, 0.6) is 0 Å². The van der Waals surface area contributed by atoms with Gasteiger partial charge in [0.1, 0.15) is 0 Å². The van der Waals surface area contributed by atoms with E-state index < -0.39 is 7.75 Å². The molecule has 0 aromatic heterocycles. The molecule has 1 N–H and O–H groups in total. The molecule has 2 unspecified atom stereocenters. The summed E-state index contributed by atoms with van der Waals surface area (Å²) in [5.41, 5.74) is 1.06. The van der Waals surface area contributed by atoms with Crippen molar-refractivity contribution in [2.45, 2.75) is 19.4 Å². The maximum Gasteiger partial charge on any atom is 0.453 e. The number of thioether (sulfide) groups is 1. The molecule has 2 atom stereocenters. The summed E-state index contributed by atoms with van der Waals surface area (Å²) in [5.74, 6) is 0. The van der Waals surface area contributed by atoms with Gasteiger partial charge in [0, 0.05) is 14.1 Å². The van der Waals surface area contributed by atoms with Crippen LogP contribution in [0, 0.1) is 0 Å². The number of nitrogens with zero attached hydrogens (tertiary/aromatic N) is 2. The Hall–Kier alpha value is -0.810. The first kappa shape index (κ1) is 17.2. The minimum absolute atomic E-state index is 0.387. The van der Waals surface area contributed by atoms with Crippen LogP contribution in [-0.4, -0.2) is 41.4 Å². The number of amidine groups is 1.